The number of hydrogen-bond donors (Lipinski definition) is 2. The van der Waals surface area contributed by atoms with Crippen LogP contribution in [0.5, 0.6) is 11.5 Å². The molecule has 2 amide bonds. The molecule has 0 aliphatic heterocycles. The van der Waals surface area contributed by atoms with Crippen molar-refractivity contribution >= 4 is 57.9 Å². The number of benzene rings is 3. The first-order chi connectivity index (χ1) is 16.8. The molecule has 0 fully saturated rings. The summed E-state index contributed by atoms with van der Waals surface area (Å²) in [6, 6.07) is 15.8. The van der Waals surface area contributed by atoms with Crippen molar-refractivity contribution in [3.05, 3.63) is 85.4 Å². The molecule has 9 heteroatoms. The summed E-state index contributed by atoms with van der Waals surface area (Å²) in [6.07, 6.45) is 1.51. The third-order valence-corrected chi connectivity index (χ3v) is 6.01. The van der Waals surface area contributed by atoms with Gasteiger partial charge in [-0.05, 0) is 109 Å². The summed E-state index contributed by atoms with van der Waals surface area (Å²) >= 11 is 7.96. The van der Waals surface area contributed by atoms with E-state index in [0.29, 0.717) is 39.9 Å². The summed E-state index contributed by atoms with van der Waals surface area (Å²) < 4.78 is 12.3. The summed E-state index contributed by atoms with van der Waals surface area (Å²) in [5.41, 5.74) is 6.59. The molecule has 3 rings (SSSR count). The molecule has 0 saturated heterocycles. The molecule has 0 heterocycles. The van der Waals surface area contributed by atoms with Gasteiger partial charge in [0, 0.05) is 16.3 Å². The van der Waals surface area contributed by atoms with Crippen LogP contribution in [0.4, 0.5) is 5.69 Å². The Morgan fingerprint density at radius 1 is 1.03 bits per heavy atom. The van der Waals surface area contributed by atoms with Gasteiger partial charge in [-0.1, -0.05) is 17.7 Å². The number of halogens is 2. The van der Waals surface area contributed by atoms with E-state index in [0.717, 1.165) is 14.7 Å². The van der Waals surface area contributed by atoms with Gasteiger partial charge in [-0.25, -0.2) is 5.43 Å². The van der Waals surface area contributed by atoms with Crippen LogP contribution < -0.4 is 20.2 Å². The van der Waals surface area contributed by atoms with E-state index in [4.69, 9.17) is 21.1 Å². The molecule has 0 unspecified atom stereocenters. The number of nitrogens with one attached hydrogen (secondary N) is 2. The quantitative estimate of drug-likeness (QED) is 0.185. The monoisotopic (exact) mass is 605 g/mol. The maximum Gasteiger partial charge on any atom is 0.271 e. The lowest BCUT2D eigenvalue weighted by atomic mass is 10.1. The lowest BCUT2D eigenvalue weighted by Gasteiger charge is -2.15. The first-order valence-corrected chi connectivity index (χ1v) is 12.3. The number of rotatable bonds is 9. The van der Waals surface area contributed by atoms with E-state index in [2.05, 4.69) is 38.4 Å². The van der Waals surface area contributed by atoms with Crippen molar-refractivity contribution in [2.24, 2.45) is 5.10 Å². The fourth-order valence-electron chi connectivity index (χ4n) is 3.05. The van der Waals surface area contributed by atoms with Crippen molar-refractivity contribution in [1.29, 1.82) is 0 Å². The second-order valence-corrected chi connectivity index (χ2v) is 9.20. The van der Waals surface area contributed by atoms with E-state index >= 15 is 0 Å². The number of hydrogen-bond acceptors (Lipinski definition) is 5. The molecule has 0 bridgehead atoms. The number of carbonyl (C=O) groups excluding carboxylic acids is 2. The number of aryl methyl sites for hydroxylation is 2. The first-order valence-electron chi connectivity index (χ1n) is 10.8. The van der Waals surface area contributed by atoms with Gasteiger partial charge in [0.2, 0.25) is 0 Å². The molecular formula is C26H25ClIN3O4. The highest BCUT2D eigenvalue weighted by Gasteiger charge is 2.14. The average molecular weight is 606 g/mol. The standard InChI is InChI=1S/C26H25ClIN3O4/c1-4-34-23-13-18(14-29-31-26(33)19-6-8-20(27)9-7-19)12-22(28)25(23)35-15-24(32)30-21-10-5-16(2)17(3)11-21/h5-14H,4,15H2,1-3H3,(H,30,32)(H,31,33)/b29-14+. The Bertz CT molecular complexity index is 1250. The van der Waals surface area contributed by atoms with Gasteiger partial charge in [0.15, 0.2) is 18.1 Å². The van der Waals surface area contributed by atoms with Gasteiger partial charge in [-0.15, -0.1) is 0 Å². The highest BCUT2D eigenvalue weighted by molar-refractivity contribution is 14.1. The van der Waals surface area contributed by atoms with Gasteiger partial charge in [0.25, 0.3) is 11.8 Å². The first kappa shape index (κ1) is 26.5. The summed E-state index contributed by atoms with van der Waals surface area (Å²) in [7, 11) is 0. The van der Waals surface area contributed by atoms with Crippen LogP contribution in [0.2, 0.25) is 5.02 Å². The molecule has 0 spiro atoms. The van der Waals surface area contributed by atoms with E-state index in [1.54, 1.807) is 30.3 Å². The maximum atomic E-state index is 12.4. The largest absolute Gasteiger partial charge is 0.490 e. The van der Waals surface area contributed by atoms with Crippen molar-refractivity contribution < 1.29 is 19.1 Å². The molecule has 0 aliphatic carbocycles. The molecule has 0 aromatic heterocycles. The van der Waals surface area contributed by atoms with Crippen LogP contribution >= 0.6 is 34.2 Å². The maximum absolute atomic E-state index is 12.4. The molecule has 0 saturated carbocycles. The van der Waals surface area contributed by atoms with Gasteiger partial charge < -0.3 is 14.8 Å². The third kappa shape index (κ3) is 7.69. The average Bonchev–Trinajstić information content (AvgIpc) is 2.81. The summed E-state index contributed by atoms with van der Waals surface area (Å²) in [5, 5.41) is 7.42. The van der Waals surface area contributed by atoms with E-state index in [1.165, 1.54) is 6.21 Å². The summed E-state index contributed by atoms with van der Waals surface area (Å²) in [5.74, 6) is 0.309. The summed E-state index contributed by atoms with van der Waals surface area (Å²) in [4.78, 5) is 24.6. The molecule has 3 aromatic carbocycles. The lowest BCUT2D eigenvalue weighted by molar-refractivity contribution is -0.118. The zero-order valence-corrected chi connectivity index (χ0v) is 22.4. The van der Waals surface area contributed by atoms with Crippen molar-refractivity contribution in [3.8, 4) is 11.5 Å². The van der Waals surface area contributed by atoms with E-state index in [9.17, 15) is 9.59 Å². The fourth-order valence-corrected chi connectivity index (χ4v) is 3.96. The smallest absolute Gasteiger partial charge is 0.271 e. The van der Waals surface area contributed by atoms with Gasteiger partial charge in [-0.3, -0.25) is 9.59 Å². The summed E-state index contributed by atoms with van der Waals surface area (Å²) in [6.45, 7) is 6.11. The Morgan fingerprint density at radius 3 is 2.46 bits per heavy atom. The topological polar surface area (TPSA) is 89.0 Å². The van der Waals surface area contributed by atoms with E-state index in [1.807, 2.05) is 45.0 Å². The Hall–Kier alpha value is -3.11. The molecule has 182 valence electrons. The van der Waals surface area contributed by atoms with Crippen molar-refractivity contribution in [1.82, 2.24) is 5.43 Å². The third-order valence-electron chi connectivity index (χ3n) is 4.96. The van der Waals surface area contributed by atoms with Crippen LogP contribution in [-0.2, 0) is 4.79 Å². The highest BCUT2D eigenvalue weighted by atomic mass is 127. The number of amides is 2. The number of anilines is 1. The second-order valence-electron chi connectivity index (χ2n) is 7.60. The van der Waals surface area contributed by atoms with Crippen molar-refractivity contribution in [3.63, 3.8) is 0 Å². The van der Waals surface area contributed by atoms with Crippen LogP contribution in [0.3, 0.4) is 0 Å². The number of nitrogens with zero attached hydrogens (tertiary/aromatic N) is 1. The zero-order chi connectivity index (χ0) is 25.4. The van der Waals surface area contributed by atoms with E-state index < -0.39 is 0 Å². The Balaban J connectivity index is 1.65. The molecule has 0 atom stereocenters. The van der Waals surface area contributed by atoms with Gasteiger partial charge in [0.05, 0.1) is 16.4 Å². The minimum atomic E-state index is -0.354. The second kappa shape index (κ2) is 12.6. The lowest BCUT2D eigenvalue weighted by Crippen LogP contribution is -2.21. The minimum Gasteiger partial charge on any atom is -0.490 e. The molecular weight excluding hydrogens is 581 g/mol. The predicted octanol–water partition coefficient (Wildman–Crippen LogP) is 5.74. The predicted molar refractivity (Wildman–Crippen MR) is 147 cm³/mol. The van der Waals surface area contributed by atoms with Crippen LogP contribution in [0, 0.1) is 17.4 Å². The van der Waals surface area contributed by atoms with Crippen LogP contribution in [-0.4, -0.2) is 31.2 Å². The van der Waals surface area contributed by atoms with Crippen molar-refractivity contribution in [2.45, 2.75) is 20.8 Å². The van der Waals surface area contributed by atoms with Gasteiger partial charge in [0.1, 0.15) is 0 Å². The van der Waals surface area contributed by atoms with Gasteiger partial charge in [-0.2, -0.15) is 5.10 Å². The minimum absolute atomic E-state index is 0.173. The number of hydrazone groups is 1. The zero-order valence-electron chi connectivity index (χ0n) is 19.5. The number of ether oxygens (including phenoxy) is 2. The molecule has 2 N–H and O–H groups in total. The molecule has 0 radical (unpaired) electrons. The van der Waals surface area contributed by atoms with E-state index in [-0.39, 0.29) is 18.4 Å². The SMILES string of the molecule is CCOc1cc(/C=N/NC(=O)c2ccc(Cl)cc2)cc(I)c1OCC(=O)Nc1ccc(C)c(C)c1. The van der Waals surface area contributed by atoms with Crippen LogP contribution in [0.1, 0.15) is 34.0 Å². The highest BCUT2D eigenvalue weighted by Crippen LogP contribution is 2.34. The Kier molecular flexibility index (Phi) is 9.50. The molecule has 35 heavy (non-hydrogen) atoms. The normalized spacial score (nSPS) is 10.8. The molecule has 0 aliphatic rings. The number of carbonyl (C=O) groups is 2. The van der Waals surface area contributed by atoms with Gasteiger partial charge >= 0.3 is 0 Å². The van der Waals surface area contributed by atoms with Crippen LogP contribution in [0.25, 0.3) is 0 Å². The fraction of sp³-hybridized carbons (Fsp3) is 0.192. The molecule has 7 nitrogen and oxygen atoms in total. The van der Waals surface area contributed by atoms with Crippen LogP contribution in [0.15, 0.2) is 59.7 Å². The Labute approximate surface area is 223 Å². The van der Waals surface area contributed by atoms with Crippen molar-refractivity contribution in [2.75, 3.05) is 18.5 Å². The Morgan fingerprint density at radius 2 is 1.77 bits per heavy atom. The molecule has 3 aromatic rings.